The second kappa shape index (κ2) is 2.59. The van der Waals surface area contributed by atoms with Crippen molar-refractivity contribution in [3.8, 4) is 0 Å². The van der Waals surface area contributed by atoms with Crippen LogP contribution in [-0.4, -0.2) is 11.7 Å². The van der Waals surface area contributed by atoms with Gasteiger partial charge in [-0.1, -0.05) is 12.2 Å². The first kappa shape index (κ1) is 8.31. The van der Waals surface area contributed by atoms with Gasteiger partial charge >= 0.3 is 0 Å². The summed E-state index contributed by atoms with van der Waals surface area (Å²) in [5.74, 6) is 1.43. The van der Waals surface area contributed by atoms with Gasteiger partial charge in [-0.15, -0.1) is 0 Å². The number of hydrogen-bond acceptors (Lipinski definition) is 1. The second-order valence-electron chi connectivity index (χ2n) is 4.98. The molecule has 0 spiro atoms. The van der Waals surface area contributed by atoms with Crippen LogP contribution in [0.4, 0.5) is 0 Å². The number of ether oxygens (including phenoxy) is 1. The van der Waals surface area contributed by atoms with Crippen molar-refractivity contribution in [3.05, 3.63) is 12.2 Å². The molecule has 1 nitrogen and oxygen atoms in total. The molecule has 0 aromatic heterocycles. The highest BCUT2D eigenvalue weighted by Crippen LogP contribution is 2.42. The molecule has 2 unspecified atom stereocenters. The molecule has 1 fully saturated rings. The van der Waals surface area contributed by atoms with Crippen molar-refractivity contribution in [2.24, 2.45) is 11.8 Å². The minimum Gasteiger partial charge on any atom is -0.371 e. The minimum atomic E-state index is 0.0253. The SMILES string of the molecule is CC(C)(C)OC1C2C=CC1CC2. The molecule has 1 heteroatoms. The Hall–Kier alpha value is -0.300. The molecule has 0 N–H and O–H groups in total. The molecule has 0 aromatic rings. The van der Waals surface area contributed by atoms with Crippen LogP contribution in [0.1, 0.15) is 33.6 Å². The van der Waals surface area contributed by atoms with E-state index in [1.54, 1.807) is 0 Å². The Labute approximate surface area is 74.8 Å². The lowest BCUT2D eigenvalue weighted by atomic mass is 10.1. The molecule has 2 bridgehead atoms. The van der Waals surface area contributed by atoms with Gasteiger partial charge in [0.2, 0.25) is 0 Å². The molecule has 0 saturated heterocycles. The lowest BCUT2D eigenvalue weighted by Gasteiger charge is -2.27. The highest BCUT2D eigenvalue weighted by atomic mass is 16.5. The van der Waals surface area contributed by atoms with Gasteiger partial charge in [0, 0.05) is 11.8 Å². The lowest BCUT2D eigenvalue weighted by Crippen LogP contribution is -2.30. The van der Waals surface area contributed by atoms with E-state index in [4.69, 9.17) is 4.74 Å². The van der Waals surface area contributed by atoms with Crippen LogP contribution < -0.4 is 0 Å². The van der Waals surface area contributed by atoms with E-state index >= 15 is 0 Å². The van der Waals surface area contributed by atoms with Crippen LogP contribution in [0.3, 0.4) is 0 Å². The van der Waals surface area contributed by atoms with E-state index in [1.165, 1.54) is 12.8 Å². The Morgan fingerprint density at radius 3 is 1.92 bits per heavy atom. The zero-order valence-electron chi connectivity index (χ0n) is 8.21. The maximum Gasteiger partial charge on any atom is 0.0707 e. The van der Waals surface area contributed by atoms with Gasteiger partial charge in [0.25, 0.3) is 0 Å². The summed E-state index contributed by atoms with van der Waals surface area (Å²) in [7, 11) is 0. The predicted octanol–water partition coefficient (Wildman–Crippen LogP) is 2.77. The zero-order valence-corrected chi connectivity index (χ0v) is 8.21. The van der Waals surface area contributed by atoms with Gasteiger partial charge in [-0.25, -0.2) is 0 Å². The van der Waals surface area contributed by atoms with Crippen LogP contribution in [0, 0.1) is 11.8 Å². The molecule has 0 aliphatic heterocycles. The van der Waals surface area contributed by atoms with E-state index in [-0.39, 0.29) is 5.60 Å². The third kappa shape index (κ3) is 1.42. The molecule has 1 saturated carbocycles. The molecular weight excluding hydrogens is 148 g/mol. The minimum absolute atomic E-state index is 0.0253. The van der Waals surface area contributed by atoms with Crippen molar-refractivity contribution < 1.29 is 4.74 Å². The van der Waals surface area contributed by atoms with Crippen LogP contribution in [0.15, 0.2) is 12.2 Å². The Morgan fingerprint density at radius 2 is 1.58 bits per heavy atom. The standard InChI is InChI=1S/C11H18O/c1-11(2,3)12-10-8-4-5-9(10)7-6-8/h4-5,8-10H,6-7H2,1-3H3. The maximum atomic E-state index is 6.02. The summed E-state index contributed by atoms with van der Waals surface area (Å²) in [4.78, 5) is 0. The molecule has 0 heterocycles. The normalized spacial score (nSPS) is 39.4. The number of hydrogen-bond donors (Lipinski definition) is 0. The van der Waals surface area contributed by atoms with Gasteiger partial charge < -0.3 is 4.74 Å². The third-order valence-corrected chi connectivity index (χ3v) is 2.77. The van der Waals surface area contributed by atoms with Crippen molar-refractivity contribution in [1.29, 1.82) is 0 Å². The van der Waals surface area contributed by atoms with E-state index in [9.17, 15) is 0 Å². The molecule has 0 radical (unpaired) electrons. The topological polar surface area (TPSA) is 9.23 Å². The molecular formula is C11H18O. The first-order chi connectivity index (χ1) is 5.56. The Bertz CT molecular complexity index is 186. The molecule has 0 amide bonds. The van der Waals surface area contributed by atoms with E-state index in [0.29, 0.717) is 17.9 Å². The first-order valence-electron chi connectivity index (χ1n) is 4.92. The fourth-order valence-corrected chi connectivity index (χ4v) is 2.31. The van der Waals surface area contributed by atoms with Gasteiger partial charge in [0.1, 0.15) is 0 Å². The number of fused-ring (bicyclic) bond motifs is 2. The Morgan fingerprint density at radius 1 is 1.08 bits per heavy atom. The molecule has 68 valence electrons. The summed E-state index contributed by atoms with van der Waals surface area (Å²) < 4.78 is 6.02. The van der Waals surface area contributed by atoms with Gasteiger partial charge in [0.15, 0.2) is 0 Å². The quantitative estimate of drug-likeness (QED) is 0.544. The molecule has 2 rings (SSSR count). The fourth-order valence-electron chi connectivity index (χ4n) is 2.31. The highest BCUT2D eigenvalue weighted by Gasteiger charge is 2.40. The van der Waals surface area contributed by atoms with Crippen LogP contribution in [0.25, 0.3) is 0 Å². The summed E-state index contributed by atoms with van der Waals surface area (Å²) in [6, 6.07) is 0. The van der Waals surface area contributed by atoms with Crippen molar-refractivity contribution in [1.82, 2.24) is 0 Å². The average Bonchev–Trinajstić information content (AvgIpc) is 2.46. The third-order valence-electron chi connectivity index (χ3n) is 2.77. The molecule has 0 aromatic carbocycles. The van der Waals surface area contributed by atoms with Gasteiger partial charge in [-0.05, 0) is 33.6 Å². The Kier molecular flexibility index (Phi) is 1.80. The Balaban J connectivity index is 2.00. The van der Waals surface area contributed by atoms with Gasteiger partial charge in [-0.2, -0.15) is 0 Å². The largest absolute Gasteiger partial charge is 0.371 e. The smallest absolute Gasteiger partial charge is 0.0707 e. The monoisotopic (exact) mass is 166 g/mol. The van der Waals surface area contributed by atoms with Crippen LogP contribution in [0.5, 0.6) is 0 Å². The molecule has 2 aliphatic carbocycles. The average molecular weight is 166 g/mol. The summed E-state index contributed by atoms with van der Waals surface area (Å²) >= 11 is 0. The van der Waals surface area contributed by atoms with E-state index < -0.39 is 0 Å². The fraction of sp³-hybridized carbons (Fsp3) is 0.818. The van der Waals surface area contributed by atoms with Crippen LogP contribution in [0.2, 0.25) is 0 Å². The summed E-state index contributed by atoms with van der Waals surface area (Å²) in [6.45, 7) is 6.43. The van der Waals surface area contributed by atoms with Crippen LogP contribution in [-0.2, 0) is 4.74 Å². The molecule has 2 atom stereocenters. The van der Waals surface area contributed by atoms with Crippen molar-refractivity contribution in [3.63, 3.8) is 0 Å². The van der Waals surface area contributed by atoms with E-state index in [0.717, 1.165) is 0 Å². The first-order valence-corrected chi connectivity index (χ1v) is 4.92. The summed E-state index contributed by atoms with van der Waals surface area (Å²) in [6.07, 6.45) is 7.84. The zero-order chi connectivity index (χ0) is 8.77. The van der Waals surface area contributed by atoms with Crippen LogP contribution >= 0.6 is 0 Å². The number of rotatable bonds is 1. The van der Waals surface area contributed by atoms with Crippen molar-refractivity contribution in [2.75, 3.05) is 0 Å². The molecule has 12 heavy (non-hydrogen) atoms. The predicted molar refractivity (Wildman–Crippen MR) is 50.0 cm³/mol. The van der Waals surface area contributed by atoms with Gasteiger partial charge in [-0.3, -0.25) is 0 Å². The maximum absolute atomic E-state index is 6.02. The van der Waals surface area contributed by atoms with Crippen molar-refractivity contribution >= 4 is 0 Å². The molecule has 2 aliphatic rings. The lowest BCUT2D eigenvalue weighted by molar-refractivity contribution is -0.0753. The highest BCUT2D eigenvalue weighted by molar-refractivity contribution is 5.13. The second-order valence-corrected chi connectivity index (χ2v) is 4.98. The van der Waals surface area contributed by atoms with E-state index in [2.05, 4.69) is 32.9 Å². The van der Waals surface area contributed by atoms with E-state index in [1.807, 2.05) is 0 Å². The van der Waals surface area contributed by atoms with Crippen molar-refractivity contribution in [2.45, 2.75) is 45.3 Å². The summed E-state index contributed by atoms with van der Waals surface area (Å²) in [5, 5.41) is 0. The summed E-state index contributed by atoms with van der Waals surface area (Å²) in [5.41, 5.74) is 0.0253. The van der Waals surface area contributed by atoms with Gasteiger partial charge in [0.05, 0.1) is 11.7 Å².